The van der Waals surface area contributed by atoms with Gasteiger partial charge in [0.1, 0.15) is 4.32 Å². The van der Waals surface area contributed by atoms with E-state index in [1.165, 1.54) is 35.9 Å². The molecule has 0 spiro atoms. The second-order valence-electron chi connectivity index (χ2n) is 7.12. The Hall–Kier alpha value is -0.810. The molecule has 3 nitrogen and oxygen atoms in total. The number of hydrogen-bond donors (Lipinski definition) is 0. The van der Waals surface area contributed by atoms with Crippen LogP contribution in [0.1, 0.15) is 46.5 Å². The molecule has 0 N–H and O–H groups in total. The lowest BCUT2D eigenvalue weighted by Gasteiger charge is -2.36. The van der Waals surface area contributed by atoms with Crippen LogP contribution in [0.15, 0.2) is 22.3 Å². The van der Waals surface area contributed by atoms with Gasteiger partial charge in [0.15, 0.2) is 0 Å². The van der Waals surface area contributed by atoms with E-state index in [0.717, 1.165) is 30.8 Å². The molecule has 3 aliphatic rings. The van der Waals surface area contributed by atoms with Gasteiger partial charge < -0.3 is 4.90 Å². The van der Waals surface area contributed by atoms with E-state index in [4.69, 9.17) is 12.2 Å². The fourth-order valence-corrected chi connectivity index (χ4v) is 5.01. The molecule has 1 amide bonds. The van der Waals surface area contributed by atoms with Gasteiger partial charge in [0, 0.05) is 25.3 Å². The van der Waals surface area contributed by atoms with Crippen LogP contribution in [0.4, 0.5) is 0 Å². The predicted octanol–water partition coefficient (Wildman–Crippen LogP) is 3.92. The summed E-state index contributed by atoms with van der Waals surface area (Å²) in [7, 11) is 0. The molecule has 5 heteroatoms. The van der Waals surface area contributed by atoms with E-state index in [0.29, 0.717) is 10.9 Å². The molecule has 2 aliphatic heterocycles. The number of allylic oxidation sites excluding steroid dienone is 3. The van der Waals surface area contributed by atoms with Crippen LogP contribution in [-0.4, -0.2) is 39.7 Å². The summed E-state index contributed by atoms with van der Waals surface area (Å²) >= 11 is 6.84. The van der Waals surface area contributed by atoms with E-state index in [-0.39, 0.29) is 11.3 Å². The third kappa shape index (κ3) is 2.98. The highest BCUT2D eigenvalue weighted by atomic mass is 32.2. The Morgan fingerprint density at radius 2 is 1.95 bits per heavy atom. The van der Waals surface area contributed by atoms with E-state index >= 15 is 0 Å². The molecule has 0 saturated carbocycles. The van der Waals surface area contributed by atoms with Gasteiger partial charge in [-0.05, 0) is 49.7 Å². The number of rotatable bonds is 2. The van der Waals surface area contributed by atoms with Crippen LogP contribution < -0.4 is 0 Å². The maximum Gasteiger partial charge on any atom is 0.266 e. The number of hydrogen-bond acceptors (Lipinski definition) is 4. The minimum atomic E-state index is 0.0993. The minimum Gasteiger partial charge on any atom is -0.375 e. The molecule has 0 aromatic heterocycles. The third-order valence-electron chi connectivity index (χ3n) is 4.64. The lowest BCUT2D eigenvalue weighted by Crippen LogP contribution is -2.29. The zero-order valence-electron chi connectivity index (χ0n) is 13.6. The van der Waals surface area contributed by atoms with Crippen molar-refractivity contribution in [2.45, 2.75) is 46.5 Å². The van der Waals surface area contributed by atoms with Gasteiger partial charge >= 0.3 is 0 Å². The molecule has 3 rings (SSSR count). The quantitative estimate of drug-likeness (QED) is 0.563. The zero-order valence-corrected chi connectivity index (χ0v) is 15.3. The third-order valence-corrected chi connectivity index (χ3v) is 6.15. The van der Waals surface area contributed by atoms with E-state index in [9.17, 15) is 4.79 Å². The smallest absolute Gasteiger partial charge is 0.266 e. The molecule has 0 radical (unpaired) electrons. The van der Waals surface area contributed by atoms with Gasteiger partial charge in [-0.2, -0.15) is 0 Å². The van der Waals surface area contributed by atoms with Crippen molar-refractivity contribution in [3.63, 3.8) is 0 Å². The Bertz CT molecular complexity index is 571. The van der Waals surface area contributed by atoms with Gasteiger partial charge in [-0.1, -0.05) is 37.8 Å². The van der Waals surface area contributed by atoms with Gasteiger partial charge in [-0.25, -0.2) is 0 Å². The number of carbonyl (C=O) groups is 1. The highest BCUT2D eigenvalue weighted by Crippen LogP contribution is 2.44. The van der Waals surface area contributed by atoms with E-state index in [1.54, 1.807) is 4.90 Å². The summed E-state index contributed by atoms with van der Waals surface area (Å²) in [6.07, 6.45) is 6.90. The van der Waals surface area contributed by atoms with Crippen molar-refractivity contribution < 1.29 is 4.79 Å². The second kappa shape index (κ2) is 6.00. The average molecular weight is 337 g/mol. The topological polar surface area (TPSA) is 23.6 Å². The summed E-state index contributed by atoms with van der Waals surface area (Å²) in [5, 5.41) is 0. The van der Waals surface area contributed by atoms with Crippen LogP contribution in [0.25, 0.3) is 0 Å². The molecule has 0 bridgehead atoms. The summed E-state index contributed by atoms with van der Waals surface area (Å²) in [6, 6.07) is 0. The van der Waals surface area contributed by atoms with Crippen LogP contribution in [0, 0.1) is 5.41 Å². The summed E-state index contributed by atoms with van der Waals surface area (Å²) in [5.74, 6) is 0.0993. The summed E-state index contributed by atoms with van der Waals surface area (Å²) in [4.78, 5) is 17.7. The molecule has 120 valence electrons. The molecule has 2 saturated heterocycles. The maximum atomic E-state index is 12.6. The number of amides is 1. The summed E-state index contributed by atoms with van der Waals surface area (Å²) in [6.45, 7) is 9.56. The average Bonchev–Trinajstić information content (AvgIpc) is 3.05. The Kier molecular flexibility index (Phi) is 4.38. The van der Waals surface area contributed by atoms with E-state index in [1.807, 2.05) is 6.92 Å². The van der Waals surface area contributed by atoms with Crippen LogP contribution in [0.3, 0.4) is 0 Å². The highest BCUT2D eigenvalue weighted by molar-refractivity contribution is 8.26. The fraction of sp³-hybridized carbons (Fsp3) is 0.647. The number of nitrogens with zero attached hydrogens (tertiary/aromatic N) is 2. The Morgan fingerprint density at radius 1 is 1.27 bits per heavy atom. The molecular formula is C17H24N2OS2. The van der Waals surface area contributed by atoms with E-state index < -0.39 is 0 Å². The molecular weight excluding hydrogens is 312 g/mol. The van der Waals surface area contributed by atoms with Gasteiger partial charge in [0.2, 0.25) is 0 Å². The van der Waals surface area contributed by atoms with E-state index in [2.05, 4.69) is 24.8 Å². The van der Waals surface area contributed by atoms with Crippen molar-refractivity contribution in [1.29, 1.82) is 0 Å². The SMILES string of the molecule is CCN1C(=O)C(=C2C=C(N3CCCC3)CC(C)(C)C2)SC1=S. The Balaban J connectivity index is 1.98. The van der Waals surface area contributed by atoms with Crippen molar-refractivity contribution in [2.75, 3.05) is 19.6 Å². The minimum absolute atomic E-state index is 0.0993. The Morgan fingerprint density at radius 3 is 2.55 bits per heavy atom. The summed E-state index contributed by atoms with van der Waals surface area (Å²) < 4.78 is 0.703. The van der Waals surface area contributed by atoms with Crippen molar-refractivity contribution in [1.82, 2.24) is 9.80 Å². The van der Waals surface area contributed by atoms with Crippen molar-refractivity contribution in [3.05, 3.63) is 22.3 Å². The number of thiocarbonyl (C=S) groups is 1. The molecule has 2 heterocycles. The number of likely N-dealkylation sites (N-methyl/N-ethyl adjacent to an activating group) is 1. The zero-order chi connectivity index (χ0) is 15.9. The first kappa shape index (κ1) is 16.1. The first-order chi connectivity index (χ1) is 10.4. The molecule has 2 fully saturated rings. The molecule has 0 unspecified atom stereocenters. The van der Waals surface area contributed by atoms with Crippen molar-refractivity contribution in [3.8, 4) is 0 Å². The Labute approximate surface area is 142 Å². The van der Waals surface area contributed by atoms with Gasteiger partial charge in [0.25, 0.3) is 5.91 Å². The highest BCUT2D eigenvalue weighted by Gasteiger charge is 2.36. The standard InChI is InChI=1S/C17H24N2OS2/c1-4-19-15(20)14(22-16(19)21)12-9-13(11-17(2,3)10-12)18-7-5-6-8-18/h9H,4-8,10-11H2,1-3H3. The molecule has 1 aliphatic carbocycles. The summed E-state index contributed by atoms with van der Waals surface area (Å²) in [5.41, 5.74) is 2.80. The lowest BCUT2D eigenvalue weighted by atomic mass is 9.76. The van der Waals surface area contributed by atoms with Gasteiger partial charge in [0.05, 0.1) is 4.91 Å². The largest absolute Gasteiger partial charge is 0.375 e. The first-order valence-corrected chi connectivity index (χ1v) is 9.36. The maximum absolute atomic E-state index is 12.6. The predicted molar refractivity (Wildman–Crippen MR) is 96.5 cm³/mol. The second-order valence-corrected chi connectivity index (χ2v) is 8.76. The monoisotopic (exact) mass is 336 g/mol. The molecule has 0 aromatic carbocycles. The first-order valence-electron chi connectivity index (χ1n) is 8.13. The van der Waals surface area contributed by atoms with Crippen LogP contribution >= 0.6 is 24.0 Å². The molecule has 22 heavy (non-hydrogen) atoms. The van der Waals surface area contributed by atoms with Crippen molar-refractivity contribution >= 4 is 34.2 Å². The van der Waals surface area contributed by atoms with Crippen molar-refractivity contribution in [2.24, 2.45) is 5.41 Å². The van der Waals surface area contributed by atoms with Crippen LogP contribution in [0.5, 0.6) is 0 Å². The number of thioether (sulfide) groups is 1. The number of carbonyl (C=O) groups excluding carboxylic acids is 1. The van der Waals surface area contributed by atoms with Gasteiger partial charge in [-0.3, -0.25) is 9.69 Å². The molecule has 0 aromatic rings. The number of likely N-dealkylation sites (tertiary alicyclic amines) is 1. The van der Waals surface area contributed by atoms with Gasteiger partial charge in [-0.15, -0.1) is 0 Å². The van der Waals surface area contributed by atoms with Crippen LogP contribution in [-0.2, 0) is 4.79 Å². The normalized spacial score (nSPS) is 28.6. The lowest BCUT2D eigenvalue weighted by molar-refractivity contribution is -0.122. The van der Waals surface area contributed by atoms with Crippen LogP contribution in [0.2, 0.25) is 0 Å². The molecule has 0 atom stereocenters. The fourth-order valence-electron chi connectivity index (χ4n) is 3.59.